The highest BCUT2D eigenvalue weighted by Gasteiger charge is 2.08. The van der Waals surface area contributed by atoms with E-state index in [1.54, 1.807) is 38.4 Å². The highest BCUT2D eigenvalue weighted by atomic mass is 16.5. The Morgan fingerprint density at radius 2 is 1.59 bits per heavy atom. The van der Waals surface area contributed by atoms with E-state index in [2.05, 4.69) is 10.6 Å². The van der Waals surface area contributed by atoms with Crippen LogP contribution in [0, 0.1) is 0 Å². The van der Waals surface area contributed by atoms with Crippen LogP contribution in [-0.2, 0) is 20.8 Å². The fraction of sp³-hybridized carbons (Fsp3) is 0.250. The first-order valence-corrected chi connectivity index (χ1v) is 8.47. The van der Waals surface area contributed by atoms with Crippen LogP contribution in [0.25, 0.3) is 0 Å². The van der Waals surface area contributed by atoms with E-state index in [0.717, 1.165) is 5.56 Å². The number of hydrogen-bond acceptors (Lipinski definition) is 4. The lowest BCUT2D eigenvalue weighted by molar-refractivity contribution is -0.130. The van der Waals surface area contributed by atoms with Crippen LogP contribution >= 0.6 is 0 Å². The summed E-state index contributed by atoms with van der Waals surface area (Å²) in [6.45, 7) is -0.159. The summed E-state index contributed by atoms with van der Waals surface area (Å²) in [5.74, 6) is -0.156. The molecule has 0 saturated carbocycles. The maximum Gasteiger partial charge on any atom is 0.259 e. The molecular weight excluding hydrogens is 346 g/mol. The lowest BCUT2D eigenvalue weighted by Crippen LogP contribution is -2.33. The van der Waals surface area contributed by atoms with E-state index < -0.39 is 0 Å². The summed E-state index contributed by atoms with van der Waals surface area (Å²) in [7, 11) is 3.31. The van der Waals surface area contributed by atoms with E-state index in [-0.39, 0.29) is 37.3 Å². The van der Waals surface area contributed by atoms with Crippen LogP contribution in [0.5, 0.6) is 5.75 Å². The van der Waals surface area contributed by atoms with Crippen molar-refractivity contribution in [2.45, 2.75) is 6.42 Å². The average Bonchev–Trinajstić information content (AvgIpc) is 2.66. The first-order chi connectivity index (χ1) is 12.9. The van der Waals surface area contributed by atoms with E-state index in [1.807, 2.05) is 30.3 Å². The zero-order valence-corrected chi connectivity index (χ0v) is 15.4. The van der Waals surface area contributed by atoms with Gasteiger partial charge in [0.25, 0.3) is 5.91 Å². The van der Waals surface area contributed by atoms with E-state index in [0.29, 0.717) is 11.4 Å². The Balaban J connectivity index is 1.73. The zero-order chi connectivity index (χ0) is 19.6. The predicted molar refractivity (Wildman–Crippen MR) is 102 cm³/mol. The molecule has 7 heteroatoms. The number of amides is 3. The molecule has 0 unspecified atom stereocenters. The van der Waals surface area contributed by atoms with Gasteiger partial charge in [-0.3, -0.25) is 14.4 Å². The molecule has 0 aliphatic rings. The van der Waals surface area contributed by atoms with Crippen molar-refractivity contribution in [1.82, 2.24) is 10.2 Å². The molecule has 0 atom stereocenters. The summed E-state index contributed by atoms with van der Waals surface area (Å²) in [5.41, 5.74) is 1.46. The van der Waals surface area contributed by atoms with Gasteiger partial charge in [0.1, 0.15) is 5.75 Å². The van der Waals surface area contributed by atoms with Crippen LogP contribution in [0.3, 0.4) is 0 Å². The van der Waals surface area contributed by atoms with Crippen molar-refractivity contribution in [3.05, 3.63) is 60.2 Å². The molecule has 0 saturated heterocycles. The van der Waals surface area contributed by atoms with E-state index in [1.165, 1.54) is 4.90 Å². The number of rotatable bonds is 8. The number of carbonyl (C=O) groups is 3. The third-order valence-corrected chi connectivity index (χ3v) is 3.65. The Morgan fingerprint density at radius 1 is 0.926 bits per heavy atom. The van der Waals surface area contributed by atoms with Gasteiger partial charge in [-0.25, -0.2) is 0 Å². The molecule has 0 fully saturated rings. The summed E-state index contributed by atoms with van der Waals surface area (Å²) >= 11 is 0. The van der Waals surface area contributed by atoms with Gasteiger partial charge in [0.2, 0.25) is 11.8 Å². The van der Waals surface area contributed by atoms with Gasteiger partial charge in [0.05, 0.1) is 13.0 Å². The lowest BCUT2D eigenvalue weighted by atomic mass is 10.1. The van der Waals surface area contributed by atoms with Crippen LogP contribution in [-0.4, -0.2) is 49.9 Å². The molecule has 3 amide bonds. The third kappa shape index (κ3) is 7.19. The summed E-state index contributed by atoms with van der Waals surface area (Å²) in [4.78, 5) is 36.7. The van der Waals surface area contributed by atoms with Crippen molar-refractivity contribution in [3.8, 4) is 5.75 Å². The van der Waals surface area contributed by atoms with Crippen LogP contribution in [0.4, 0.5) is 5.69 Å². The van der Waals surface area contributed by atoms with Crippen molar-refractivity contribution in [2.24, 2.45) is 0 Å². The van der Waals surface area contributed by atoms with Gasteiger partial charge in [0.15, 0.2) is 6.61 Å². The number of carbonyl (C=O) groups excluding carboxylic acids is 3. The van der Waals surface area contributed by atoms with Gasteiger partial charge in [-0.05, 0) is 29.8 Å². The first kappa shape index (κ1) is 20.0. The number of ether oxygens (including phenoxy) is 1. The predicted octanol–water partition coefficient (Wildman–Crippen LogP) is 1.45. The summed E-state index contributed by atoms with van der Waals surface area (Å²) in [6, 6.07) is 16.0. The SMILES string of the molecule is CN(C)C(=O)COc1ccc(NC(=O)CNC(=O)Cc2ccccc2)cc1. The molecule has 0 aliphatic heterocycles. The molecular formula is C20H23N3O4. The number of nitrogens with zero attached hydrogens (tertiary/aromatic N) is 1. The standard InChI is InChI=1S/C20H23N3O4/c1-23(2)20(26)14-27-17-10-8-16(9-11-17)22-19(25)13-21-18(24)12-15-6-4-3-5-7-15/h3-11H,12-14H2,1-2H3,(H,21,24)(H,22,25). The largest absolute Gasteiger partial charge is 0.484 e. The van der Waals surface area contributed by atoms with E-state index in [9.17, 15) is 14.4 Å². The average molecular weight is 369 g/mol. The molecule has 7 nitrogen and oxygen atoms in total. The molecule has 2 N–H and O–H groups in total. The lowest BCUT2D eigenvalue weighted by Gasteiger charge is -2.12. The van der Waals surface area contributed by atoms with Gasteiger partial charge in [-0.1, -0.05) is 30.3 Å². The maximum absolute atomic E-state index is 11.9. The minimum atomic E-state index is -0.326. The number of hydrogen-bond donors (Lipinski definition) is 2. The molecule has 0 radical (unpaired) electrons. The Labute approximate surface area is 158 Å². The maximum atomic E-state index is 11.9. The first-order valence-electron chi connectivity index (χ1n) is 8.47. The smallest absolute Gasteiger partial charge is 0.259 e. The van der Waals surface area contributed by atoms with Crippen molar-refractivity contribution in [3.63, 3.8) is 0 Å². The fourth-order valence-corrected chi connectivity index (χ4v) is 2.14. The van der Waals surface area contributed by atoms with E-state index >= 15 is 0 Å². The second kappa shape index (κ2) is 9.96. The quantitative estimate of drug-likeness (QED) is 0.737. The van der Waals surface area contributed by atoms with Crippen molar-refractivity contribution < 1.29 is 19.1 Å². The molecule has 2 rings (SSSR count). The molecule has 0 bridgehead atoms. The van der Waals surface area contributed by atoms with Gasteiger partial charge in [-0.15, -0.1) is 0 Å². The molecule has 27 heavy (non-hydrogen) atoms. The number of benzene rings is 2. The molecule has 0 spiro atoms. The Morgan fingerprint density at radius 3 is 2.22 bits per heavy atom. The molecule has 2 aromatic carbocycles. The van der Waals surface area contributed by atoms with Gasteiger partial charge in [-0.2, -0.15) is 0 Å². The van der Waals surface area contributed by atoms with Crippen molar-refractivity contribution in [2.75, 3.05) is 32.6 Å². The molecule has 142 valence electrons. The van der Waals surface area contributed by atoms with Crippen molar-refractivity contribution >= 4 is 23.4 Å². The van der Waals surface area contributed by atoms with Gasteiger partial charge in [0, 0.05) is 19.8 Å². The van der Waals surface area contributed by atoms with Gasteiger partial charge >= 0.3 is 0 Å². The van der Waals surface area contributed by atoms with Crippen LogP contribution in [0.2, 0.25) is 0 Å². The fourth-order valence-electron chi connectivity index (χ4n) is 2.14. The highest BCUT2D eigenvalue weighted by molar-refractivity contribution is 5.94. The molecule has 2 aromatic rings. The van der Waals surface area contributed by atoms with Crippen LogP contribution in [0.1, 0.15) is 5.56 Å². The summed E-state index contributed by atoms with van der Waals surface area (Å²) in [6.07, 6.45) is 0.228. The zero-order valence-electron chi connectivity index (χ0n) is 15.4. The normalized spacial score (nSPS) is 10.0. The second-order valence-corrected chi connectivity index (χ2v) is 6.09. The summed E-state index contributed by atoms with van der Waals surface area (Å²) in [5, 5.41) is 5.28. The van der Waals surface area contributed by atoms with Gasteiger partial charge < -0.3 is 20.3 Å². The minimum absolute atomic E-state index is 0.0495. The molecule has 0 aromatic heterocycles. The Bertz CT molecular complexity index is 774. The minimum Gasteiger partial charge on any atom is -0.484 e. The summed E-state index contributed by atoms with van der Waals surface area (Å²) < 4.78 is 5.36. The van der Waals surface area contributed by atoms with Crippen LogP contribution < -0.4 is 15.4 Å². The Kier molecular flexibility index (Phi) is 7.37. The third-order valence-electron chi connectivity index (χ3n) is 3.65. The van der Waals surface area contributed by atoms with E-state index in [4.69, 9.17) is 4.74 Å². The number of nitrogens with one attached hydrogen (secondary N) is 2. The topological polar surface area (TPSA) is 87.7 Å². The van der Waals surface area contributed by atoms with Crippen LogP contribution in [0.15, 0.2) is 54.6 Å². The Hall–Kier alpha value is -3.35. The van der Waals surface area contributed by atoms with Crippen molar-refractivity contribution in [1.29, 1.82) is 0 Å². The molecule has 0 aliphatic carbocycles. The molecule has 0 heterocycles. The number of likely N-dealkylation sites (N-methyl/N-ethyl adjacent to an activating group) is 1. The monoisotopic (exact) mass is 369 g/mol. The number of anilines is 1. The highest BCUT2D eigenvalue weighted by Crippen LogP contribution is 2.15. The second-order valence-electron chi connectivity index (χ2n) is 6.09.